The molecule has 3 aliphatic rings. The smallest absolute Gasteiger partial charge is 0.257 e. The Kier molecular flexibility index (Phi) is 5.08. The fourth-order valence-corrected chi connectivity index (χ4v) is 4.55. The van der Waals surface area contributed by atoms with Crippen LogP contribution in [0.15, 0.2) is 24.3 Å². The first-order valence-electron chi connectivity index (χ1n) is 9.98. The average molecular weight is 372 g/mol. The minimum Gasteiger partial charge on any atom is -0.485 e. The van der Waals surface area contributed by atoms with Gasteiger partial charge < -0.3 is 19.7 Å². The van der Waals surface area contributed by atoms with Gasteiger partial charge in [0.1, 0.15) is 11.4 Å². The Hall–Kier alpha value is -2.08. The normalized spacial score (nSPS) is 31.0. The fraction of sp³-hybridized carbons (Fsp3) is 0.619. The molecule has 2 aliphatic heterocycles. The molecule has 1 saturated carbocycles. The number of nitrogens with one attached hydrogen (secondary N) is 1. The molecule has 1 aromatic carbocycles. The van der Waals surface area contributed by atoms with Crippen molar-refractivity contribution in [2.45, 2.75) is 50.2 Å². The van der Waals surface area contributed by atoms with E-state index < -0.39 is 5.60 Å². The lowest BCUT2D eigenvalue weighted by molar-refractivity contribution is -0.129. The van der Waals surface area contributed by atoms with Crippen LogP contribution in [0.5, 0.6) is 5.75 Å². The summed E-state index contributed by atoms with van der Waals surface area (Å²) in [7, 11) is 1.83. The Morgan fingerprint density at radius 2 is 2.00 bits per heavy atom. The van der Waals surface area contributed by atoms with Crippen LogP contribution in [0.3, 0.4) is 0 Å². The third-order valence-corrected chi connectivity index (χ3v) is 6.09. The van der Waals surface area contributed by atoms with Crippen LogP contribution in [0.2, 0.25) is 0 Å². The molecule has 0 radical (unpaired) electrons. The Morgan fingerprint density at radius 3 is 2.74 bits per heavy atom. The SMILES string of the molecule is CN1CC2(CCC(C(=O)N[C@@H]3CCCOC3)CC2)Oc2ccccc2C1=O. The van der Waals surface area contributed by atoms with Crippen LogP contribution >= 0.6 is 0 Å². The van der Waals surface area contributed by atoms with E-state index in [0.717, 1.165) is 45.1 Å². The predicted molar refractivity (Wildman–Crippen MR) is 101 cm³/mol. The highest BCUT2D eigenvalue weighted by molar-refractivity contribution is 5.97. The van der Waals surface area contributed by atoms with E-state index in [9.17, 15) is 9.59 Å². The van der Waals surface area contributed by atoms with Gasteiger partial charge in [0, 0.05) is 19.6 Å². The first-order chi connectivity index (χ1) is 13.1. The highest BCUT2D eigenvalue weighted by Crippen LogP contribution is 2.39. The summed E-state index contributed by atoms with van der Waals surface area (Å²) in [5.74, 6) is 0.813. The zero-order chi connectivity index (χ0) is 18.9. The predicted octanol–water partition coefficient (Wildman–Crippen LogP) is 2.38. The quantitative estimate of drug-likeness (QED) is 0.865. The maximum absolute atomic E-state index is 12.6. The molecule has 4 rings (SSSR count). The summed E-state index contributed by atoms with van der Waals surface area (Å²) in [5, 5.41) is 3.15. The Morgan fingerprint density at radius 1 is 1.22 bits per heavy atom. The van der Waals surface area contributed by atoms with Gasteiger partial charge in [-0.05, 0) is 50.7 Å². The van der Waals surface area contributed by atoms with Crippen LogP contribution in [0.25, 0.3) is 0 Å². The molecule has 6 heteroatoms. The number of rotatable bonds is 2. The topological polar surface area (TPSA) is 67.9 Å². The molecule has 0 unspecified atom stereocenters. The van der Waals surface area contributed by atoms with Gasteiger partial charge in [-0.25, -0.2) is 0 Å². The second kappa shape index (κ2) is 7.50. The molecule has 1 N–H and O–H groups in total. The van der Waals surface area contributed by atoms with E-state index >= 15 is 0 Å². The zero-order valence-corrected chi connectivity index (χ0v) is 15.9. The van der Waals surface area contributed by atoms with Crippen molar-refractivity contribution in [2.75, 3.05) is 26.8 Å². The van der Waals surface area contributed by atoms with Gasteiger partial charge >= 0.3 is 0 Å². The number of carbonyl (C=O) groups is 2. The van der Waals surface area contributed by atoms with Crippen LogP contribution in [-0.4, -0.2) is 55.2 Å². The van der Waals surface area contributed by atoms with Gasteiger partial charge in [0.2, 0.25) is 5.91 Å². The Bertz CT molecular complexity index is 706. The summed E-state index contributed by atoms with van der Waals surface area (Å²) in [5.41, 5.74) is 0.218. The average Bonchev–Trinajstić information content (AvgIpc) is 2.78. The van der Waals surface area contributed by atoms with E-state index in [1.807, 2.05) is 31.3 Å². The lowest BCUT2D eigenvalue weighted by Gasteiger charge is -2.40. The molecule has 0 aromatic heterocycles. The van der Waals surface area contributed by atoms with Crippen molar-refractivity contribution in [1.29, 1.82) is 0 Å². The van der Waals surface area contributed by atoms with Crippen molar-refractivity contribution in [3.8, 4) is 5.75 Å². The van der Waals surface area contributed by atoms with E-state index in [4.69, 9.17) is 9.47 Å². The molecule has 27 heavy (non-hydrogen) atoms. The van der Waals surface area contributed by atoms with Crippen LogP contribution < -0.4 is 10.1 Å². The van der Waals surface area contributed by atoms with Gasteiger partial charge in [0.05, 0.1) is 24.8 Å². The lowest BCUT2D eigenvalue weighted by atomic mass is 9.77. The summed E-state index contributed by atoms with van der Waals surface area (Å²) in [6.07, 6.45) is 5.12. The number of fused-ring (bicyclic) bond motifs is 1. The van der Waals surface area contributed by atoms with Crippen molar-refractivity contribution >= 4 is 11.8 Å². The van der Waals surface area contributed by atoms with Crippen molar-refractivity contribution in [3.63, 3.8) is 0 Å². The molecular weight excluding hydrogens is 344 g/mol. The molecule has 0 bridgehead atoms. The minimum atomic E-state index is -0.401. The van der Waals surface area contributed by atoms with E-state index in [1.54, 1.807) is 4.90 Å². The Balaban J connectivity index is 1.41. The first-order valence-corrected chi connectivity index (χ1v) is 9.98. The van der Waals surface area contributed by atoms with Gasteiger partial charge in [-0.15, -0.1) is 0 Å². The summed E-state index contributed by atoms with van der Waals surface area (Å²) < 4.78 is 11.8. The molecule has 1 atom stereocenters. The number of likely N-dealkylation sites (N-methyl/N-ethyl adjacent to an activating group) is 1. The highest BCUT2D eigenvalue weighted by atomic mass is 16.5. The summed E-state index contributed by atoms with van der Waals surface area (Å²) >= 11 is 0. The van der Waals surface area contributed by atoms with Crippen LogP contribution in [0.4, 0.5) is 0 Å². The number of carbonyl (C=O) groups excluding carboxylic acids is 2. The molecule has 2 heterocycles. The van der Waals surface area contributed by atoms with Gasteiger partial charge in [-0.1, -0.05) is 12.1 Å². The number of benzene rings is 1. The summed E-state index contributed by atoms with van der Waals surface area (Å²) in [6.45, 7) is 1.98. The zero-order valence-electron chi connectivity index (χ0n) is 15.9. The van der Waals surface area contributed by atoms with Crippen LogP contribution in [0, 0.1) is 5.92 Å². The summed E-state index contributed by atoms with van der Waals surface area (Å²) in [4.78, 5) is 27.0. The largest absolute Gasteiger partial charge is 0.485 e. The first kappa shape index (κ1) is 18.3. The van der Waals surface area contributed by atoms with Crippen LogP contribution in [-0.2, 0) is 9.53 Å². The number of ether oxygens (including phenoxy) is 2. The van der Waals surface area contributed by atoms with Crippen LogP contribution in [0.1, 0.15) is 48.9 Å². The van der Waals surface area contributed by atoms with E-state index in [1.165, 1.54) is 0 Å². The molecule has 1 aromatic rings. The standard InChI is InChI=1S/C21H28N2O4/c1-23-14-21(27-18-7-3-2-6-17(18)20(23)25)10-8-15(9-11-21)19(24)22-16-5-4-12-26-13-16/h2-3,6-7,15-16H,4-5,8-14H2,1H3,(H,22,24)/t15?,16-,21?/m1/s1. The van der Waals surface area contributed by atoms with E-state index in [-0.39, 0.29) is 23.8 Å². The monoisotopic (exact) mass is 372 g/mol. The third-order valence-electron chi connectivity index (χ3n) is 6.09. The maximum Gasteiger partial charge on any atom is 0.257 e. The molecule has 2 fully saturated rings. The molecule has 1 spiro atoms. The van der Waals surface area contributed by atoms with Crippen molar-refractivity contribution in [1.82, 2.24) is 10.2 Å². The van der Waals surface area contributed by atoms with E-state index in [0.29, 0.717) is 24.5 Å². The van der Waals surface area contributed by atoms with Crippen molar-refractivity contribution < 1.29 is 19.1 Å². The second-order valence-corrected chi connectivity index (χ2v) is 8.14. The number of amides is 2. The number of nitrogens with zero attached hydrogens (tertiary/aromatic N) is 1. The number of hydrogen-bond donors (Lipinski definition) is 1. The second-order valence-electron chi connectivity index (χ2n) is 8.14. The fourth-order valence-electron chi connectivity index (χ4n) is 4.55. The van der Waals surface area contributed by atoms with E-state index in [2.05, 4.69) is 5.32 Å². The maximum atomic E-state index is 12.6. The molecule has 6 nitrogen and oxygen atoms in total. The summed E-state index contributed by atoms with van der Waals surface area (Å²) in [6, 6.07) is 7.60. The van der Waals surface area contributed by atoms with Gasteiger partial charge in [-0.2, -0.15) is 0 Å². The Labute approximate surface area is 160 Å². The lowest BCUT2D eigenvalue weighted by Crippen LogP contribution is -2.51. The van der Waals surface area contributed by atoms with Gasteiger partial charge in [-0.3, -0.25) is 9.59 Å². The minimum absolute atomic E-state index is 0.000333. The van der Waals surface area contributed by atoms with Gasteiger partial charge in [0.25, 0.3) is 5.91 Å². The van der Waals surface area contributed by atoms with Crippen molar-refractivity contribution in [2.24, 2.45) is 5.92 Å². The van der Waals surface area contributed by atoms with Gasteiger partial charge in [0.15, 0.2) is 0 Å². The molecule has 146 valence electrons. The molecular formula is C21H28N2O4. The molecule has 1 aliphatic carbocycles. The molecule has 2 amide bonds. The third kappa shape index (κ3) is 3.81. The van der Waals surface area contributed by atoms with Crippen molar-refractivity contribution in [3.05, 3.63) is 29.8 Å². The molecule has 1 saturated heterocycles. The number of para-hydroxylation sites is 1. The number of hydrogen-bond acceptors (Lipinski definition) is 4. The highest BCUT2D eigenvalue weighted by Gasteiger charge is 2.43.